The molecule has 0 fully saturated rings. The third-order valence-electron chi connectivity index (χ3n) is 3.33. The van der Waals surface area contributed by atoms with E-state index in [9.17, 15) is 0 Å². The summed E-state index contributed by atoms with van der Waals surface area (Å²) in [6.45, 7) is 3.86. The molecule has 1 aromatic carbocycles. The zero-order valence-electron chi connectivity index (χ0n) is 11.4. The second-order valence-corrected chi connectivity index (χ2v) is 4.77. The van der Waals surface area contributed by atoms with Crippen LogP contribution in [0.3, 0.4) is 0 Å². The predicted molar refractivity (Wildman–Crippen MR) is 82.4 cm³/mol. The Morgan fingerprint density at radius 3 is 1.55 bits per heavy atom. The summed E-state index contributed by atoms with van der Waals surface area (Å²) in [4.78, 5) is 9.20. The topological polar surface area (TPSA) is 25.8 Å². The molecule has 0 N–H and O–H groups in total. The molecule has 0 aliphatic rings. The number of pyridine rings is 2. The van der Waals surface area contributed by atoms with E-state index in [1.807, 2.05) is 38.1 Å². The molecule has 3 rings (SSSR count). The Kier molecular flexibility index (Phi) is 2.67. The molecule has 2 nitrogen and oxygen atoms in total. The number of fused-ring (bicyclic) bond motifs is 3. The summed E-state index contributed by atoms with van der Waals surface area (Å²) < 4.78 is 0. The lowest BCUT2D eigenvalue weighted by Gasteiger charge is -2.08. The van der Waals surface area contributed by atoms with E-state index in [0.29, 0.717) is 0 Å². The molecule has 0 atom stereocenters. The lowest BCUT2D eigenvalue weighted by Crippen LogP contribution is -1.94. The maximum atomic E-state index is 5.58. The molecule has 0 spiro atoms. The summed E-state index contributed by atoms with van der Waals surface area (Å²) in [6.07, 6.45) is 11.2. The molecule has 94 valence electrons. The van der Waals surface area contributed by atoms with Gasteiger partial charge in [-0.1, -0.05) is 24.0 Å². The third-order valence-corrected chi connectivity index (χ3v) is 3.33. The molecule has 0 unspecified atom stereocenters. The van der Waals surface area contributed by atoms with Gasteiger partial charge >= 0.3 is 0 Å². The number of aryl methyl sites for hydroxylation is 2. The zero-order valence-corrected chi connectivity index (χ0v) is 11.4. The number of aromatic nitrogens is 2. The van der Waals surface area contributed by atoms with Crippen molar-refractivity contribution in [2.24, 2.45) is 0 Å². The molecule has 2 heterocycles. The molecular formula is C18H12N2. The number of rotatable bonds is 0. The van der Waals surface area contributed by atoms with Gasteiger partial charge in [-0.15, -0.1) is 12.8 Å². The minimum absolute atomic E-state index is 0.815. The number of benzene rings is 1. The van der Waals surface area contributed by atoms with Crippen molar-refractivity contribution < 1.29 is 0 Å². The van der Waals surface area contributed by atoms with Crippen LogP contribution in [0.5, 0.6) is 0 Å². The molecule has 20 heavy (non-hydrogen) atoms. The van der Waals surface area contributed by atoms with Crippen molar-refractivity contribution in [2.75, 3.05) is 0 Å². The molecule has 3 aromatic rings. The van der Waals surface area contributed by atoms with E-state index < -0.39 is 0 Å². The van der Waals surface area contributed by atoms with E-state index in [0.717, 1.165) is 44.3 Å². The van der Waals surface area contributed by atoms with Crippen LogP contribution in [0.25, 0.3) is 21.8 Å². The molecule has 0 aliphatic carbocycles. The fourth-order valence-electron chi connectivity index (χ4n) is 2.47. The fourth-order valence-corrected chi connectivity index (χ4v) is 2.47. The maximum Gasteiger partial charge on any atom is 0.0980 e. The van der Waals surface area contributed by atoms with Gasteiger partial charge in [-0.3, -0.25) is 9.97 Å². The van der Waals surface area contributed by atoms with Crippen molar-refractivity contribution in [3.63, 3.8) is 0 Å². The van der Waals surface area contributed by atoms with Gasteiger partial charge in [-0.05, 0) is 26.0 Å². The molecule has 0 amide bonds. The highest BCUT2D eigenvalue weighted by atomic mass is 14.8. The molecule has 0 saturated carbocycles. The normalized spacial score (nSPS) is 10.4. The Hall–Kier alpha value is -2.84. The summed E-state index contributed by atoms with van der Waals surface area (Å²) in [7, 11) is 0. The predicted octanol–water partition coefficient (Wildman–Crippen LogP) is 3.36. The highest BCUT2D eigenvalue weighted by molar-refractivity contribution is 6.06. The Morgan fingerprint density at radius 2 is 1.20 bits per heavy atom. The van der Waals surface area contributed by atoms with Crippen molar-refractivity contribution in [1.29, 1.82) is 0 Å². The second kappa shape index (κ2) is 4.37. The summed E-state index contributed by atoms with van der Waals surface area (Å²) in [6, 6.07) is 7.76. The van der Waals surface area contributed by atoms with E-state index in [1.165, 1.54) is 0 Å². The smallest absolute Gasteiger partial charge is 0.0980 e. The van der Waals surface area contributed by atoms with E-state index >= 15 is 0 Å². The highest BCUT2D eigenvalue weighted by Crippen LogP contribution is 2.27. The van der Waals surface area contributed by atoms with Gasteiger partial charge in [-0.2, -0.15) is 0 Å². The van der Waals surface area contributed by atoms with E-state index in [4.69, 9.17) is 12.8 Å². The Labute approximate surface area is 117 Å². The highest BCUT2D eigenvalue weighted by Gasteiger charge is 2.10. The first-order chi connectivity index (χ1) is 9.63. The van der Waals surface area contributed by atoms with E-state index in [2.05, 4.69) is 21.8 Å². The minimum atomic E-state index is 0.815. The van der Waals surface area contributed by atoms with Crippen LogP contribution in [0.15, 0.2) is 24.3 Å². The van der Waals surface area contributed by atoms with Gasteiger partial charge in [0.05, 0.1) is 11.0 Å². The van der Waals surface area contributed by atoms with Gasteiger partial charge in [0.1, 0.15) is 0 Å². The van der Waals surface area contributed by atoms with Crippen LogP contribution in [0, 0.1) is 38.5 Å². The first-order valence-corrected chi connectivity index (χ1v) is 6.29. The van der Waals surface area contributed by atoms with Crippen LogP contribution in [-0.2, 0) is 0 Å². The quantitative estimate of drug-likeness (QED) is 0.455. The molecule has 0 bridgehead atoms. The van der Waals surface area contributed by atoms with Crippen molar-refractivity contribution in [3.8, 4) is 24.7 Å². The molecule has 0 saturated heterocycles. The Bertz CT molecular complexity index is 859. The average molecular weight is 256 g/mol. The zero-order chi connectivity index (χ0) is 14.3. The summed E-state index contributed by atoms with van der Waals surface area (Å²) in [5, 5.41) is 1.87. The van der Waals surface area contributed by atoms with Gasteiger partial charge in [0.25, 0.3) is 0 Å². The number of hydrogen-bond donors (Lipinski definition) is 0. The minimum Gasteiger partial charge on any atom is -0.251 e. The standard InChI is InChI=1S/C18H12N2/c1-5-13-9-11(3)19-17-15(13)7-8-16-14(6-2)10-12(4)20-18(16)17/h1-2,7-10H,3-4H3. The van der Waals surface area contributed by atoms with Gasteiger partial charge in [0.2, 0.25) is 0 Å². The molecule has 2 aromatic heterocycles. The SMILES string of the molecule is C#Cc1cc(C)nc2c1ccc1c(C#C)cc(C)nc12. The van der Waals surface area contributed by atoms with Crippen molar-refractivity contribution in [2.45, 2.75) is 13.8 Å². The van der Waals surface area contributed by atoms with E-state index in [-0.39, 0.29) is 0 Å². The fraction of sp³-hybridized carbons (Fsp3) is 0.111. The first kappa shape index (κ1) is 12.2. The summed E-state index contributed by atoms with van der Waals surface area (Å²) in [5.41, 5.74) is 5.05. The van der Waals surface area contributed by atoms with Crippen LogP contribution in [-0.4, -0.2) is 9.97 Å². The second-order valence-electron chi connectivity index (χ2n) is 4.77. The van der Waals surface area contributed by atoms with Gasteiger partial charge in [0, 0.05) is 33.3 Å². The molecule has 2 heteroatoms. The van der Waals surface area contributed by atoms with Crippen LogP contribution in [0.2, 0.25) is 0 Å². The molecule has 0 radical (unpaired) electrons. The van der Waals surface area contributed by atoms with Crippen LogP contribution in [0.4, 0.5) is 0 Å². The number of hydrogen-bond acceptors (Lipinski definition) is 2. The van der Waals surface area contributed by atoms with E-state index in [1.54, 1.807) is 0 Å². The van der Waals surface area contributed by atoms with Crippen LogP contribution < -0.4 is 0 Å². The number of terminal acetylenes is 2. The van der Waals surface area contributed by atoms with Gasteiger partial charge in [0.15, 0.2) is 0 Å². The van der Waals surface area contributed by atoms with Crippen LogP contribution in [0.1, 0.15) is 22.5 Å². The Balaban J connectivity index is 2.61. The monoisotopic (exact) mass is 256 g/mol. The number of nitrogens with zero attached hydrogens (tertiary/aromatic N) is 2. The Morgan fingerprint density at radius 1 is 0.800 bits per heavy atom. The van der Waals surface area contributed by atoms with Gasteiger partial charge < -0.3 is 0 Å². The largest absolute Gasteiger partial charge is 0.251 e. The van der Waals surface area contributed by atoms with Gasteiger partial charge in [-0.25, -0.2) is 0 Å². The lowest BCUT2D eigenvalue weighted by molar-refractivity contribution is 1.22. The third kappa shape index (κ3) is 1.71. The molecule has 0 aliphatic heterocycles. The summed E-state index contributed by atoms with van der Waals surface area (Å²) >= 11 is 0. The van der Waals surface area contributed by atoms with Crippen LogP contribution >= 0.6 is 0 Å². The average Bonchev–Trinajstić information content (AvgIpc) is 2.45. The van der Waals surface area contributed by atoms with Crippen molar-refractivity contribution >= 4 is 21.8 Å². The lowest BCUT2D eigenvalue weighted by atomic mass is 10.0. The first-order valence-electron chi connectivity index (χ1n) is 6.29. The maximum absolute atomic E-state index is 5.58. The summed E-state index contributed by atoms with van der Waals surface area (Å²) in [5.74, 6) is 5.42. The molecular weight excluding hydrogens is 244 g/mol. The van der Waals surface area contributed by atoms with Crippen molar-refractivity contribution in [3.05, 3.63) is 46.8 Å². The van der Waals surface area contributed by atoms with Crippen molar-refractivity contribution in [1.82, 2.24) is 9.97 Å².